The van der Waals surface area contributed by atoms with Gasteiger partial charge < -0.3 is 29.7 Å². The van der Waals surface area contributed by atoms with Crippen molar-refractivity contribution >= 4 is 11.9 Å². The van der Waals surface area contributed by atoms with Gasteiger partial charge in [-0.05, 0) is 31.9 Å². The Balaban J connectivity index is 1.23. The Morgan fingerprint density at radius 2 is 1.90 bits per heavy atom. The van der Waals surface area contributed by atoms with Gasteiger partial charge in [0.25, 0.3) is 0 Å². The first kappa shape index (κ1) is 21.8. The van der Waals surface area contributed by atoms with Gasteiger partial charge in [0, 0.05) is 31.2 Å². The number of hydrogen-bond donors (Lipinski definition) is 2. The van der Waals surface area contributed by atoms with Gasteiger partial charge in [-0.15, -0.1) is 0 Å². The van der Waals surface area contributed by atoms with Gasteiger partial charge in [0.15, 0.2) is 6.10 Å². The van der Waals surface area contributed by atoms with E-state index in [2.05, 4.69) is 15.6 Å². The molecule has 3 fully saturated rings. The van der Waals surface area contributed by atoms with Crippen LogP contribution >= 0.6 is 0 Å². The van der Waals surface area contributed by atoms with Crippen LogP contribution in [-0.4, -0.2) is 78.5 Å². The van der Waals surface area contributed by atoms with Crippen molar-refractivity contribution in [3.63, 3.8) is 0 Å². The number of rotatable bonds is 5. The molecule has 0 radical (unpaired) electrons. The molecule has 0 saturated carbocycles. The van der Waals surface area contributed by atoms with Gasteiger partial charge in [-0.2, -0.15) is 0 Å². The minimum atomic E-state index is -0.238. The van der Waals surface area contributed by atoms with E-state index in [4.69, 9.17) is 14.2 Å². The maximum atomic E-state index is 12.5. The fourth-order valence-electron chi connectivity index (χ4n) is 4.45. The van der Waals surface area contributed by atoms with Crippen molar-refractivity contribution < 1.29 is 23.8 Å². The zero-order valence-electron chi connectivity index (χ0n) is 18.4. The average molecular weight is 433 g/mol. The summed E-state index contributed by atoms with van der Waals surface area (Å²) < 4.78 is 17.9. The van der Waals surface area contributed by atoms with Crippen LogP contribution < -0.4 is 15.4 Å². The maximum Gasteiger partial charge on any atom is 0.315 e. The molecule has 0 spiro atoms. The first-order valence-corrected chi connectivity index (χ1v) is 11.1. The van der Waals surface area contributed by atoms with Gasteiger partial charge in [0.05, 0.1) is 24.9 Å². The molecule has 3 amide bonds. The van der Waals surface area contributed by atoms with Crippen molar-refractivity contribution in [1.29, 1.82) is 0 Å². The smallest absolute Gasteiger partial charge is 0.315 e. The van der Waals surface area contributed by atoms with E-state index in [0.29, 0.717) is 26.3 Å². The summed E-state index contributed by atoms with van der Waals surface area (Å²) in [6.45, 7) is 7.87. The largest absolute Gasteiger partial charge is 0.483 e. The minimum Gasteiger partial charge on any atom is -0.483 e. The summed E-state index contributed by atoms with van der Waals surface area (Å²) in [6, 6.07) is 3.33. The van der Waals surface area contributed by atoms with Crippen molar-refractivity contribution in [3.8, 4) is 5.75 Å². The molecular formula is C22H32N4O5. The van der Waals surface area contributed by atoms with E-state index < -0.39 is 0 Å². The molecule has 9 heteroatoms. The Morgan fingerprint density at radius 3 is 2.61 bits per heavy atom. The van der Waals surface area contributed by atoms with E-state index in [9.17, 15) is 9.59 Å². The third-order valence-corrected chi connectivity index (χ3v) is 6.20. The summed E-state index contributed by atoms with van der Waals surface area (Å²) in [7, 11) is 0. The van der Waals surface area contributed by atoms with Crippen LogP contribution in [0.4, 0.5) is 4.79 Å². The standard InChI is InChI=1S/C22H32N4O5/c1-13(2)21(27)26-9-6-15(7-10-26)24-22(28)25-16-11-29-20-18(12-30-19(16)20)31-17-5-4-8-23-14(17)3/h4-5,8,13,15-16,18-20H,6-7,9-12H2,1-3H3,(H2,24,25,28)/t16-,18-,19+,20+/m0/s1. The Kier molecular flexibility index (Phi) is 6.62. The highest BCUT2D eigenvalue weighted by Gasteiger charge is 2.49. The minimum absolute atomic E-state index is 0.00408. The van der Waals surface area contributed by atoms with Gasteiger partial charge >= 0.3 is 6.03 Å². The second-order valence-electron chi connectivity index (χ2n) is 8.82. The highest BCUT2D eigenvalue weighted by molar-refractivity contribution is 5.78. The van der Waals surface area contributed by atoms with Crippen molar-refractivity contribution in [3.05, 3.63) is 24.0 Å². The summed E-state index contributed by atoms with van der Waals surface area (Å²) >= 11 is 0. The maximum absolute atomic E-state index is 12.5. The van der Waals surface area contributed by atoms with Gasteiger partial charge in [0.2, 0.25) is 5.91 Å². The fourth-order valence-corrected chi connectivity index (χ4v) is 4.45. The van der Waals surface area contributed by atoms with E-state index in [1.807, 2.05) is 37.8 Å². The lowest BCUT2D eigenvalue weighted by atomic mass is 10.0. The van der Waals surface area contributed by atoms with E-state index in [1.165, 1.54) is 0 Å². The number of piperidine rings is 1. The molecule has 0 unspecified atom stereocenters. The molecule has 0 aliphatic carbocycles. The molecule has 170 valence electrons. The first-order chi connectivity index (χ1) is 14.9. The Bertz CT molecular complexity index is 796. The van der Waals surface area contributed by atoms with Crippen LogP contribution in [0.3, 0.4) is 0 Å². The molecule has 3 aliphatic heterocycles. The van der Waals surface area contributed by atoms with E-state index in [1.54, 1.807) is 6.20 Å². The second kappa shape index (κ2) is 9.40. The van der Waals surface area contributed by atoms with E-state index >= 15 is 0 Å². The normalized spacial score (nSPS) is 28.5. The molecule has 1 aromatic heterocycles. The van der Waals surface area contributed by atoms with Gasteiger partial charge in [-0.1, -0.05) is 13.8 Å². The molecule has 3 aliphatic rings. The predicted molar refractivity (Wildman–Crippen MR) is 113 cm³/mol. The molecule has 4 rings (SSSR count). The van der Waals surface area contributed by atoms with Crippen molar-refractivity contribution in [2.45, 2.75) is 64.0 Å². The van der Waals surface area contributed by atoms with Crippen LogP contribution in [0.1, 0.15) is 32.4 Å². The average Bonchev–Trinajstić information content (AvgIpc) is 3.33. The number of nitrogens with one attached hydrogen (secondary N) is 2. The number of amides is 3. The molecule has 3 saturated heterocycles. The molecule has 1 aromatic rings. The van der Waals surface area contributed by atoms with Crippen LogP contribution in [-0.2, 0) is 14.3 Å². The SMILES string of the molecule is Cc1ncccc1O[C@H]1CO[C@H]2[C@@H]1OC[C@@H]2NC(=O)NC1CCN(C(=O)C(C)C)CC1. The first-order valence-electron chi connectivity index (χ1n) is 11.1. The second-order valence-corrected chi connectivity index (χ2v) is 8.82. The molecule has 4 heterocycles. The number of pyridine rings is 1. The zero-order valence-corrected chi connectivity index (χ0v) is 18.4. The van der Waals surface area contributed by atoms with Crippen LogP contribution in [0.15, 0.2) is 18.3 Å². The number of aryl methyl sites for hydroxylation is 1. The third-order valence-electron chi connectivity index (χ3n) is 6.20. The highest BCUT2D eigenvalue weighted by Crippen LogP contribution is 2.30. The summed E-state index contributed by atoms with van der Waals surface area (Å²) in [4.78, 5) is 30.8. The number of carbonyl (C=O) groups is 2. The quantitative estimate of drug-likeness (QED) is 0.726. The molecule has 4 atom stereocenters. The highest BCUT2D eigenvalue weighted by atomic mass is 16.6. The number of carbonyl (C=O) groups excluding carboxylic acids is 2. The zero-order chi connectivity index (χ0) is 22.0. The molecule has 0 bridgehead atoms. The number of urea groups is 1. The lowest BCUT2D eigenvalue weighted by molar-refractivity contribution is -0.135. The van der Waals surface area contributed by atoms with Gasteiger partial charge in [-0.25, -0.2) is 4.79 Å². The van der Waals surface area contributed by atoms with Crippen molar-refractivity contribution in [2.24, 2.45) is 5.92 Å². The predicted octanol–water partition coefficient (Wildman–Crippen LogP) is 1.25. The number of hydrogen-bond acceptors (Lipinski definition) is 6. The van der Waals surface area contributed by atoms with E-state index in [-0.39, 0.29) is 48.3 Å². The van der Waals surface area contributed by atoms with E-state index in [0.717, 1.165) is 24.3 Å². The van der Waals surface area contributed by atoms with Crippen LogP contribution in [0.5, 0.6) is 5.75 Å². The number of nitrogens with zero attached hydrogens (tertiary/aromatic N) is 2. The van der Waals surface area contributed by atoms with Gasteiger partial charge in [0.1, 0.15) is 18.0 Å². The summed E-state index contributed by atoms with van der Waals surface area (Å²) in [5.74, 6) is 0.898. The summed E-state index contributed by atoms with van der Waals surface area (Å²) in [5.41, 5.74) is 0.819. The van der Waals surface area contributed by atoms with Crippen molar-refractivity contribution in [1.82, 2.24) is 20.5 Å². The monoisotopic (exact) mass is 432 g/mol. The number of fused-ring (bicyclic) bond motifs is 1. The topological polar surface area (TPSA) is 102 Å². The molecule has 31 heavy (non-hydrogen) atoms. The van der Waals surface area contributed by atoms with Crippen LogP contribution in [0.2, 0.25) is 0 Å². The lowest BCUT2D eigenvalue weighted by Crippen LogP contribution is -2.53. The third kappa shape index (κ3) is 4.93. The Morgan fingerprint density at radius 1 is 1.16 bits per heavy atom. The lowest BCUT2D eigenvalue weighted by Gasteiger charge is -2.33. The summed E-state index contributed by atoms with van der Waals surface area (Å²) in [5, 5.41) is 6.03. The fraction of sp³-hybridized carbons (Fsp3) is 0.682. The van der Waals surface area contributed by atoms with Crippen LogP contribution in [0, 0.1) is 12.8 Å². The number of aromatic nitrogens is 1. The summed E-state index contributed by atoms with van der Waals surface area (Å²) in [6.07, 6.45) is 2.55. The van der Waals surface area contributed by atoms with Gasteiger partial charge in [-0.3, -0.25) is 9.78 Å². The molecule has 2 N–H and O–H groups in total. The Labute approximate surface area is 182 Å². The van der Waals surface area contributed by atoms with Crippen LogP contribution in [0.25, 0.3) is 0 Å². The number of likely N-dealkylation sites (tertiary alicyclic amines) is 1. The molecule has 0 aromatic carbocycles. The molecular weight excluding hydrogens is 400 g/mol. The number of ether oxygens (including phenoxy) is 3. The van der Waals surface area contributed by atoms with Crippen molar-refractivity contribution in [2.75, 3.05) is 26.3 Å². The molecule has 9 nitrogen and oxygen atoms in total. The Hall–Kier alpha value is -2.39.